The molecule has 0 unspecified atom stereocenters. The molecule has 1 aromatic carbocycles. The van der Waals surface area contributed by atoms with Crippen molar-refractivity contribution in [3.05, 3.63) is 45.7 Å². The number of rotatable bonds is 12. The normalized spacial score (nSPS) is 11.5. The summed E-state index contributed by atoms with van der Waals surface area (Å²) >= 11 is 1.26. The van der Waals surface area contributed by atoms with Crippen LogP contribution >= 0.6 is 11.8 Å². The fourth-order valence-corrected chi connectivity index (χ4v) is 3.88. The van der Waals surface area contributed by atoms with Crippen LogP contribution in [0, 0.1) is 0 Å². The lowest BCUT2D eigenvalue weighted by atomic mass is 10.1. The van der Waals surface area contributed by atoms with Crippen LogP contribution in [0.25, 0.3) is 0 Å². The van der Waals surface area contributed by atoms with E-state index >= 15 is 0 Å². The number of aromatic nitrogens is 2. The molecule has 0 radical (unpaired) electrons. The first kappa shape index (κ1) is 26.7. The first-order valence-corrected chi connectivity index (χ1v) is 11.7. The third-order valence-corrected chi connectivity index (χ3v) is 5.68. The number of carbonyl (C=O) groups is 3. The highest BCUT2D eigenvalue weighted by Crippen LogP contribution is 2.20. The standard InChI is InChI=1S/C22H29N5O6S/c1-3-32-16(28)10-9-15(21(31)33-4-2)25-19(29)14-7-5-13(6-8-14)11-12-34-17-18(23)26-22(24)27-20(17)30/h5-8,15H,3-4,9-12H2,1-2H3,(H,25,29)(H5,23,24,26,27,30)/t15-/m0/s1. The molecule has 0 aliphatic carbocycles. The quantitative estimate of drug-likeness (QED) is 0.249. The minimum atomic E-state index is -0.968. The number of nitrogens with two attached hydrogens (primary N) is 2. The lowest BCUT2D eigenvalue weighted by Gasteiger charge is -2.17. The summed E-state index contributed by atoms with van der Waals surface area (Å²) in [5.41, 5.74) is 12.1. The Morgan fingerprint density at radius 3 is 2.41 bits per heavy atom. The number of hydrogen-bond donors (Lipinski definition) is 4. The molecule has 1 amide bonds. The van der Waals surface area contributed by atoms with Crippen LogP contribution in [0.4, 0.5) is 11.8 Å². The van der Waals surface area contributed by atoms with Gasteiger partial charge in [0.1, 0.15) is 16.8 Å². The molecule has 6 N–H and O–H groups in total. The summed E-state index contributed by atoms with van der Waals surface area (Å²) in [5, 5.41) is 2.62. The Bertz CT molecular complexity index is 1060. The summed E-state index contributed by atoms with van der Waals surface area (Å²) in [6, 6.07) is 5.86. The molecule has 184 valence electrons. The maximum absolute atomic E-state index is 12.6. The van der Waals surface area contributed by atoms with Crippen molar-refractivity contribution in [1.29, 1.82) is 0 Å². The van der Waals surface area contributed by atoms with E-state index in [1.165, 1.54) is 11.8 Å². The topological polar surface area (TPSA) is 179 Å². The Hall–Kier alpha value is -3.54. The van der Waals surface area contributed by atoms with Gasteiger partial charge in [-0.25, -0.2) is 4.79 Å². The molecule has 2 aromatic rings. The van der Waals surface area contributed by atoms with Crippen molar-refractivity contribution in [3.63, 3.8) is 0 Å². The van der Waals surface area contributed by atoms with E-state index in [0.29, 0.717) is 22.6 Å². The van der Waals surface area contributed by atoms with Crippen LogP contribution in [0.5, 0.6) is 0 Å². The van der Waals surface area contributed by atoms with Crippen LogP contribution in [0.2, 0.25) is 0 Å². The number of benzene rings is 1. The van der Waals surface area contributed by atoms with Crippen LogP contribution in [-0.2, 0) is 25.5 Å². The van der Waals surface area contributed by atoms with Crippen LogP contribution in [0.1, 0.15) is 42.6 Å². The fraction of sp³-hybridized carbons (Fsp3) is 0.409. The number of hydrogen-bond acceptors (Lipinski definition) is 10. The van der Waals surface area contributed by atoms with E-state index in [9.17, 15) is 19.2 Å². The Labute approximate surface area is 201 Å². The molecule has 0 fully saturated rings. The van der Waals surface area contributed by atoms with Gasteiger partial charge in [-0.1, -0.05) is 12.1 Å². The Kier molecular flexibility index (Phi) is 10.4. The number of carbonyl (C=O) groups excluding carboxylic acids is 3. The van der Waals surface area contributed by atoms with Gasteiger partial charge in [0.15, 0.2) is 0 Å². The Balaban J connectivity index is 1.95. The third-order valence-electron chi connectivity index (χ3n) is 4.59. The molecule has 0 aliphatic rings. The number of aromatic amines is 1. The monoisotopic (exact) mass is 491 g/mol. The maximum Gasteiger partial charge on any atom is 0.328 e. The maximum atomic E-state index is 12.6. The molecule has 2 rings (SSSR count). The zero-order chi connectivity index (χ0) is 25.1. The highest BCUT2D eigenvalue weighted by atomic mass is 32.2. The van der Waals surface area contributed by atoms with Crippen LogP contribution in [-0.4, -0.2) is 52.8 Å². The van der Waals surface area contributed by atoms with Crippen molar-refractivity contribution in [2.45, 2.75) is 44.0 Å². The average Bonchev–Trinajstić information content (AvgIpc) is 2.79. The average molecular weight is 492 g/mol. The summed E-state index contributed by atoms with van der Waals surface area (Å²) in [6.45, 7) is 3.74. The molecule has 0 saturated heterocycles. The van der Waals surface area contributed by atoms with Gasteiger partial charge in [0.2, 0.25) is 5.95 Å². The summed E-state index contributed by atoms with van der Waals surface area (Å²) in [7, 11) is 0. The summed E-state index contributed by atoms with van der Waals surface area (Å²) < 4.78 is 9.88. The zero-order valence-corrected chi connectivity index (χ0v) is 19.9. The SMILES string of the molecule is CCOC(=O)CC[C@H](NC(=O)c1ccc(CCSc2c(N)nc(N)[nH]c2=O)cc1)C(=O)OCC. The number of nitrogens with one attached hydrogen (secondary N) is 2. The van der Waals surface area contributed by atoms with Gasteiger partial charge in [0.05, 0.1) is 13.2 Å². The molecule has 0 aliphatic heterocycles. The van der Waals surface area contributed by atoms with E-state index in [2.05, 4.69) is 15.3 Å². The second kappa shape index (κ2) is 13.2. The first-order valence-electron chi connectivity index (χ1n) is 10.7. The van der Waals surface area contributed by atoms with Gasteiger partial charge in [-0.15, -0.1) is 11.8 Å². The molecule has 0 bridgehead atoms. The number of aryl methyl sites for hydroxylation is 1. The Morgan fingerprint density at radius 2 is 1.79 bits per heavy atom. The predicted octanol–water partition coefficient (Wildman–Crippen LogP) is 1.27. The fourth-order valence-electron chi connectivity index (χ4n) is 2.96. The van der Waals surface area contributed by atoms with Gasteiger partial charge in [-0.05, 0) is 44.4 Å². The summed E-state index contributed by atoms with van der Waals surface area (Å²) in [4.78, 5) is 55.0. The molecule has 34 heavy (non-hydrogen) atoms. The molecule has 12 heteroatoms. The first-order chi connectivity index (χ1) is 16.2. The second-order valence-corrected chi connectivity index (χ2v) is 8.19. The second-order valence-electron chi connectivity index (χ2n) is 7.08. The van der Waals surface area contributed by atoms with Crippen molar-refractivity contribution in [1.82, 2.24) is 15.3 Å². The number of ether oxygens (including phenoxy) is 2. The van der Waals surface area contributed by atoms with Crippen molar-refractivity contribution in [2.75, 3.05) is 30.4 Å². The predicted molar refractivity (Wildman–Crippen MR) is 128 cm³/mol. The lowest BCUT2D eigenvalue weighted by Crippen LogP contribution is -2.42. The Morgan fingerprint density at radius 1 is 1.12 bits per heavy atom. The zero-order valence-electron chi connectivity index (χ0n) is 19.1. The van der Waals surface area contributed by atoms with E-state index in [1.807, 2.05) is 0 Å². The highest BCUT2D eigenvalue weighted by molar-refractivity contribution is 7.99. The number of amides is 1. The van der Waals surface area contributed by atoms with Crippen LogP contribution in [0.15, 0.2) is 34.0 Å². The van der Waals surface area contributed by atoms with Gasteiger partial charge in [0, 0.05) is 17.7 Å². The number of H-pyrrole nitrogens is 1. The van der Waals surface area contributed by atoms with Gasteiger partial charge in [-0.2, -0.15) is 4.98 Å². The molecule has 0 spiro atoms. The van der Waals surface area contributed by atoms with Crippen LogP contribution < -0.4 is 22.3 Å². The van der Waals surface area contributed by atoms with E-state index in [4.69, 9.17) is 20.9 Å². The minimum absolute atomic E-state index is 0.0227. The molecule has 1 heterocycles. The van der Waals surface area contributed by atoms with E-state index in [-0.39, 0.29) is 43.4 Å². The van der Waals surface area contributed by atoms with Crippen LogP contribution in [0.3, 0.4) is 0 Å². The molecule has 11 nitrogen and oxygen atoms in total. The van der Waals surface area contributed by atoms with Gasteiger partial charge in [-0.3, -0.25) is 19.4 Å². The third kappa shape index (κ3) is 8.10. The van der Waals surface area contributed by atoms with Gasteiger partial charge in [0.25, 0.3) is 11.5 Å². The lowest BCUT2D eigenvalue weighted by molar-refractivity contribution is -0.146. The smallest absolute Gasteiger partial charge is 0.328 e. The summed E-state index contributed by atoms with van der Waals surface area (Å²) in [6.07, 6.45) is 0.660. The minimum Gasteiger partial charge on any atom is -0.466 e. The van der Waals surface area contributed by atoms with E-state index in [0.717, 1.165) is 5.56 Å². The van der Waals surface area contributed by atoms with Crippen molar-refractivity contribution in [2.24, 2.45) is 0 Å². The highest BCUT2D eigenvalue weighted by Gasteiger charge is 2.24. The largest absolute Gasteiger partial charge is 0.466 e. The molecule has 1 atom stereocenters. The number of nitrogens with zero attached hydrogens (tertiary/aromatic N) is 1. The number of nitrogen functional groups attached to an aromatic ring is 2. The van der Waals surface area contributed by atoms with E-state index < -0.39 is 23.9 Å². The number of esters is 2. The van der Waals surface area contributed by atoms with E-state index in [1.54, 1.807) is 38.1 Å². The summed E-state index contributed by atoms with van der Waals surface area (Å²) in [5.74, 6) is -0.922. The van der Waals surface area contributed by atoms with Crippen molar-refractivity contribution >= 4 is 41.4 Å². The molecule has 0 saturated carbocycles. The van der Waals surface area contributed by atoms with Gasteiger partial charge < -0.3 is 26.3 Å². The van der Waals surface area contributed by atoms with Crippen molar-refractivity contribution in [3.8, 4) is 0 Å². The number of anilines is 2. The van der Waals surface area contributed by atoms with Gasteiger partial charge >= 0.3 is 11.9 Å². The molecular formula is C22H29N5O6S. The molecular weight excluding hydrogens is 462 g/mol. The number of thioether (sulfide) groups is 1. The molecule has 1 aromatic heterocycles. The van der Waals surface area contributed by atoms with Crippen molar-refractivity contribution < 1.29 is 23.9 Å².